The first-order valence-electron chi connectivity index (χ1n) is 7.05. The minimum absolute atomic E-state index is 0.398. The van der Waals surface area contributed by atoms with E-state index in [1.807, 2.05) is 13.8 Å². The molecule has 1 aliphatic rings. The van der Waals surface area contributed by atoms with E-state index in [1.54, 1.807) is 6.07 Å². The van der Waals surface area contributed by atoms with Crippen molar-refractivity contribution in [3.05, 3.63) is 23.3 Å². The summed E-state index contributed by atoms with van der Waals surface area (Å²) in [5.74, 6) is 1.41. The Bertz CT molecular complexity index is 451. The van der Waals surface area contributed by atoms with Crippen LogP contribution in [0.1, 0.15) is 61.5 Å². The molecule has 0 aromatic carbocycles. The molecule has 1 fully saturated rings. The third-order valence-electron chi connectivity index (χ3n) is 3.90. The third-order valence-corrected chi connectivity index (χ3v) is 3.90. The molecule has 4 heteroatoms. The van der Waals surface area contributed by atoms with Gasteiger partial charge in [0.2, 0.25) is 0 Å². The quantitative estimate of drug-likeness (QED) is 0.783. The van der Waals surface area contributed by atoms with Crippen LogP contribution in [0.25, 0.3) is 0 Å². The number of nitrogens with zero attached hydrogens (tertiary/aromatic N) is 2. The molecule has 0 saturated heterocycles. The molecule has 1 saturated carbocycles. The van der Waals surface area contributed by atoms with Crippen molar-refractivity contribution in [2.75, 3.05) is 6.61 Å². The maximum atomic E-state index is 11.0. The van der Waals surface area contributed by atoms with Gasteiger partial charge < -0.3 is 4.74 Å². The van der Waals surface area contributed by atoms with Crippen LogP contribution < -0.4 is 0 Å². The van der Waals surface area contributed by atoms with E-state index in [9.17, 15) is 4.79 Å². The van der Waals surface area contributed by atoms with Gasteiger partial charge in [-0.2, -0.15) is 0 Å². The van der Waals surface area contributed by atoms with Gasteiger partial charge in [-0.05, 0) is 51.5 Å². The van der Waals surface area contributed by atoms with Crippen LogP contribution in [-0.2, 0) is 10.3 Å². The van der Waals surface area contributed by atoms with Crippen LogP contribution in [0.4, 0.5) is 0 Å². The summed E-state index contributed by atoms with van der Waals surface area (Å²) < 4.78 is 6.02. The lowest BCUT2D eigenvalue weighted by molar-refractivity contribution is -0.0838. The number of ether oxygens (including phenoxy) is 1. The molecule has 104 valence electrons. The number of carbonyl (C=O) groups excluding carboxylic acids is 1. The molecular weight excluding hydrogens is 240 g/mol. The summed E-state index contributed by atoms with van der Waals surface area (Å²) in [4.78, 5) is 19.9. The van der Waals surface area contributed by atoms with E-state index < -0.39 is 5.60 Å². The summed E-state index contributed by atoms with van der Waals surface area (Å²) in [7, 11) is 0. The van der Waals surface area contributed by atoms with Gasteiger partial charge in [0, 0.05) is 12.3 Å². The standard InChI is InChI=1S/C15H22N2O2/c1-4-19-15(7-5-11(2)6-8-15)14-16-12(3)9-13(10-18)17-14/h9-11H,4-8H2,1-3H3. The van der Waals surface area contributed by atoms with Crippen LogP contribution >= 0.6 is 0 Å². The summed E-state index contributed by atoms with van der Waals surface area (Å²) in [6.45, 7) is 6.80. The van der Waals surface area contributed by atoms with E-state index in [0.717, 1.165) is 43.6 Å². The van der Waals surface area contributed by atoms with Gasteiger partial charge >= 0.3 is 0 Å². The highest BCUT2D eigenvalue weighted by molar-refractivity contribution is 5.71. The molecule has 0 N–H and O–H groups in total. The zero-order chi connectivity index (χ0) is 13.9. The van der Waals surface area contributed by atoms with Gasteiger partial charge in [-0.1, -0.05) is 6.92 Å². The van der Waals surface area contributed by atoms with Crippen molar-refractivity contribution in [3.63, 3.8) is 0 Å². The fourth-order valence-corrected chi connectivity index (χ4v) is 2.79. The highest BCUT2D eigenvalue weighted by Crippen LogP contribution is 2.41. The zero-order valence-electron chi connectivity index (χ0n) is 12.0. The van der Waals surface area contributed by atoms with E-state index in [-0.39, 0.29) is 0 Å². The van der Waals surface area contributed by atoms with Gasteiger partial charge in [0.05, 0.1) is 0 Å². The normalized spacial score (nSPS) is 27.2. The van der Waals surface area contributed by atoms with E-state index in [2.05, 4.69) is 16.9 Å². The molecule has 1 heterocycles. The highest BCUT2D eigenvalue weighted by atomic mass is 16.5. The molecule has 1 aromatic heterocycles. The topological polar surface area (TPSA) is 52.1 Å². The molecule has 0 radical (unpaired) electrons. The minimum Gasteiger partial charge on any atom is -0.367 e. The maximum Gasteiger partial charge on any atom is 0.168 e. The summed E-state index contributed by atoms with van der Waals surface area (Å²) in [5.41, 5.74) is 0.871. The minimum atomic E-state index is -0.398. The molecule has 1 aromatic rings. The Morgan fingerprint density at radius 2 is 2.11 bits per heavy atom. The SMILES string of the molecule is CCOC1(c2nc(C)cc(C=O)n2)CCC(C)CC1. The predicted molar refractivity (Wildman–Crippen MR) is 73.1 cm³/mol. The first kappa shape index (κ1) is 14.1. The lowest BCUT2D eigenvalue weighted by Crippen LogP contribution is -2.36. The molecule has 4 nitrogen and oxygen atoms in total. The molecule has 0 unspecified atom stereocenters. The number of hydrogen-bond donors (Lipinski definition) is 0. The molecule has 19 heavy (non-hydrogen) atoms. The Labute approximate surface area is 114 Å². The highest BCUT2D eigenvalue weighted by Gasteiger charge is 2.39. The molecule has 1 aliphatic carbocycles. The molecule has 0 atom stereocenters. The van der Waals surface area contributed by atoms with Crippen molar-refractivity contribution >= 4 is 6.29 Å². The number of carbonyl (C=O) groups is 1. The number of hydrogen-bond acceptors (Lipinski definition) is 4. The van der Waals surface area contributed by atoms with Crippen molar-refractivity contribution in [1.82, 2.24) is 9.97 Å². The zero-order valence-corrected chi connectivity index (χ0v) is 12.0. The Morgan fingerprint density at radius 3 is 2.68 bits per heavy atom. The van der Waals surface area contributed by atoms with Crippen molar-refractivity contribution in [2.24, 2.45) is 5.92 Å². The second-order valence-corrected chi connectivity index (χ2v) is 5.49. The van der Waals surface area contributed by atoms with Crippen molar-refractivity contribution in [3.8, 4) is 0 Å². The lowest BCUT2D eigenvalue weighted by atomic mass is 9.78. The summed E-state index contributed by atoms with van der Waals surface area (Å²) in [6.07, 6.45) is 4.89. The summed E-state index contributed by atoms with van der Waals surface area (Å²) in [5, 5.41) is 0. The smallest absolute Gasteiger partial charge is 0.168 e. The Hall–Kier alpha value is -1.29. The van der Waals surface area contributed by atoms with Crippen molar-refractivity contribution in [2.45, 2.75) is 52.1 Å². The van der Waals surface area contributed by atoms with Crippen LogP contribution in [0.2, 0.25) is 0 Å². The van der Waals surface area contributed by atoms with Gasteiger partial charge in [-0.3, -0.25) is 4.79 Å². The molecular formula is C15H22N2O2. The van der Waals surface area contributed by atoms with E-state index in [0.29, 0.717) is 18.1 Å². The molecule has 0 aliphatic heterocycles. The van der Waals surface area contributed by atoms with Crippen LogP contribution in [0, 0.1) is 12.8 Å². The third kappa shape index (κ3) is 3.00. The summed E-state index contributed by atoms with van der Waals surface area (Å²) in [6, 6.07) is 1.71. The van der Waals surface area contributed by atoms with Gasteiger partial charge in [0.25, 0.3) is 0 Å². The first-order chi connectivity index (χ1) is 9.09. The number of aromatic nitrogens is 2. The molecule has 0 bridgehead atoms. The van der Waals surface area contributed by atoms with Gasteiger partial charge in [0.1, 0.15) is 11.3 Å². The first-order valence-corrected chi connectivity index (χ1v) is 7.05. The second-order valence-electron chi connectivity index (χ2n) is 5.49. The van der Waals surface area contributed by atoms with Crippen LogP contribution in [-0.4, -0.2) is 22.9 Å². The van der Waals surface area contributed by atoms with Crippen molar-refractivity contribution in [1.29, 1.82) is 0 Å². The van der Waals surface area contributed by atoms with Crippen molar-refractivity contribution < 1.29 is 9.53 Å². The van der Waals surface area contributed by atoms with Crippen LogP contribution in [0.15, 0.2) is 6.07 Å². The Balaban J connectivity index is 2.38. The second kappa shape index (κ2) is 5.78. The van der Waals surface area contributed by atoms with E-state index in [4.69, 9.17) is 4.74 Å². The number of aldehydes is 1. The Kier molecular flexibility index (Phi) is 4.30. The van der Waals surface area contributed by atoms with E-state index >= 15 is 0 Å². The average Bonchev–Trinajstić information content (AvgIpc) is 2.41. The fourth-order valence-electron chi connectivity index (χ4n) is 2.79. The molecule has 2 rings (SSSR count). The van der Waals surface area contributed by atoms with Gasteiger partial charge in [-0.15, -0.1) is 0 Å². The molecule has 0 amide bonds. The summed E-state index contributed by atoms with van der Waals surface area (Å²) >= 11 is 0. The van der Waals surface area contributed by atoms with Crippen LogP contribution in [0.5, 0.6) is 0 Å². The Morgan fingerprint density at radius 1 is 1.42 bits per heavy atom. The number of aryl methyl sites for hydroxylation is 1. The number of rotatable bonds is 4. The van der Waals surface area contributed by atoms with Gasteiger partial charge in [-0.25, -0.2) is 9.97 Å². The van der Waals surface area contributed by atoms with Gasteiger partial charge in [0.15, 0.2) is 12.1 Å². The fraction of sp³-hybridized carbons (Fsp3) is 0.667. The van der Waals surface area contributed by atoms with E-state index in [1.165, 1.54) is 0 Å². The molecule has 0 spiro atoms. The van der Waals surface area contributed by atoms with Crippen LogP contribution in [0.3, 0.4) is 0 Å². The largest absolute Gasteiger partial charge is 0.367 e. The monoisotopic (exact) mass is 262 g/mol. The predicted octanol–water partition coefficient (Wildman–Crippen LogP) is 3.04. The average molecular weight is 262 g/mol. The lowest BCUT2D eigenvalue weighted by Gasteiger charge is -2.38. The maximum absolute atomic E-state index is 11.0.